The fourth-order valence-corrected chi connectivity index (χ4v) is 4.97. The average molecular weight is 599 g/mol. The lowest BCUT2D eigenvalue weighted by molar-refractivity contribution is -0.114. The Bertz CT molecular complexity index is 1530. The number of aryl methyl sites for hydroxylation is 1. The van der Waals surface area contributed by atoms with E-state index in [4.69, 9.17) is 23.2 Å². The molecule has 3 N–H and O–H groups in total. The zero-order chi connectivity index (χ0) is 27.8. The van der Waals surface area contributed by atoms with E-state index in [-0.39, 0.29) is 17.4 Å². The van der Waals surface area contributed by atoms with Gasteiger partial charge in [-0.1, -0.05) is 58.8 Å². The molecule has 0 aliphatic rings. The molecule has 3 amide bonds. The third kappa shape index (κ3) is 8.39. The molecule has 198 valence electrons. The van der Waals surface area contributed by atoms with Crippen LogP contribution in [0.2, 0.25) is 10.0 Å². The molecule has 4 rings (SSSR count). The predicted molar refractivity (Wildman–Crippen MR) is 157 cm³/mol. The summed E-state index contributed by atoms with van der Waals surface area (Å²) < 4.78 is 0. The van der Waals surface area contributed by atoms with Gasteiger partial charge in [-0.3, -0.25) is 19.7 Å². The van der Waals surface area contributed by atoms with Crippen LogP contribution in [0, 0.1) is 6.92 Å². The van der Waals surface area contributed by atoms with Gasteiger partial charge in [0.15, 0.2) is 0 Å². The monoisotopic (exact) mass is 597 g/mol. The molecule has 0 saturated heterocycles. The van der Waals surface area contributed by atoms with E-state index in [1.165, 1.54) is 29.2 Å². The zero-order valence-corrected chi connectivity index (χ0v) is 23.5. The van der Waals surface area contributed by atoms with Gasteiger partial charge in [-0.15, -0.1) is 22.0 Å². The van der Waals surface area contributed by atoms with Gasteiger partial charge in [-0.25, -0.2) is 0 Å². The maximum absolute atomic E-state index is 13.2. The number of carbonyl (C=O) groups is 3. The maximum Gasteiger partial charge on any atom is 0.272 e. The summed E-state index contributed by atoms with van der Waals surface area (Å²) in [5.41, 5.74) is 1.40. The van der Waals surface area contributed by atoms with E-state index in [0.29, 0.717) is 32.0 Å². The molecule has 0 aliphatic carbocycles. The van der Waals surface area contributed by atoms with Gasteiger partial charge >= 0.3 is 0 Å². The van der Waals surface area contributed by atoms with Crippen molar-refractivity contribution in [3.8, 4) is 0 Å². The lowest BCUT2D eigenvalue weighted by atomic mass is 10.1. The van der Waals surface area contributed by atoms with Gasteiger partial charge in [0.1, 0.15) is 10.7 Å². The summed E-state index contributed by atoms with van der Waals surface area (Å²) in [6.07, 6.45) is 1.48. The van der Waals surface area contributed by atoms with Crippen molar-refractivity contribution in [2.75, 3.05) is 16.4 Å². The minimum absolute atomic E-state index is 0.00453. The summed E-state index contributed by atoms with van der Waals surface area (Å²) in [6.45, 7) is 1.81. The number of nitrogens with one attached hydrogen (secondary N) is 3. The van der Waals surface area contributed by atoms with Crippen LogP contribution in [-0.2, 0) is 9.59 Å². The number of halogens is 2. The highest BCUT2D eigenvalue weighted by atomic mass is 35.5. The molecule has 1 aromatic heterocycles. The first-order chi connectivity index (χ1) is 18.8. The topological polar surface area (TPSA) is 113 Å². The first kappa shape index (κ1) is 28.3. The van der Waals surface area contributed by atoms with Crippen molar-refractivity contribution in [1.82, 2.24) is 15.5 Å². The van der Waals surface area contributed by atoms with Gasteiger partial charge < -0.3 is 10.6 Å². The Hall–Kier alpha value is -3.70. The number of anilines is 2. The van der Waals surface area contributed by atoms with E-state index in [0.717, 1.165) is 9.90 Å². The van der Waals surface area contributed by atoms with Crippen molar-refractivity contribution in [3.05, 3.63) is 105 Å². The van der Waals surface area contributed by atoms with Crippen molar-refractivity contribution in [2.24, 2.45) is 0 Å². The minimum atomic E-state index is -0.544. The molecule has 0 bridgehead atoms. The van der Waals surface area contributed by atoms with Gasteiger partial charge in [0.25, 0.3) is 11.8 Å². The van der Waals surface area contributed by atoms with Crippen LogP contribution >= 0.6 is 46.3 Å². The lowest BCUT2D eigenvalue weighted by Crippen LogP contribution is -2.30. The van der Waals surface area contributed by atoms with Gasteiger partial charge in [-0.2, -0.15) is 0 Å². The van der Waals surface area contributed by atoms with E-state index in [9.17, 15) is 14.4 Å². The van der Waals surface area contributed by atoms with E-state index in [1.54, 1.807) is 72.8 Å². The zero-order valence-electron chi connectivity index (χ0n) is 20.4. The molecule has 0 atom stereocenters. The van der Waals surface area contributed by atoms with Crippen molar-refractivity contribution in [3.63, 3.8) is 0 Å². The number of hydrogen-bond acceptors (Lipinski definition) is 7. The molecule has 0 unspecified atom stereocenters. The number of aromatic nitrogens is 2. The van der Waals surface area contributed by atoms with Crippen molar-refractivity contribution in [2.45, 2.75) is 11.8 Å². The standard InChI is InChI=1S/C27H21Cl2N5O3S2/c1-16-33-34-27(39-16)32-24(35)15-38-21-11-9-20(10-12-21)30-26(37)23(13-18-7-8-19(28)14-22(18)29)31-25(36)17-5-3-2-4-6-17/h2-14H,15H2,1H3,(H,30,37)(H,31,36)(H,32,34,35)/b23-13-. The molecular weight excluding hydrogens is 577 g/mol. The molecular formula is C27H21Cl2N5O3S2. The highest BCUT2D eigenvalue weighted by Gasteiger charge is 2.16. The largest absolute Gasteiger partial charge is 0.321 e. The van der Waals surface area contributed by atoms with Gasteiger partial charge in [0.05, 0.1) is 5.75 Å². The van der Waals surface area contributed by atoms with E-state index in [1.807, 2.05) is 6.92 Å². The van der Waals surface area contributed by atoms with Gasteiger partial charge in [0.2, 0.25) is 11.0 Å². The fraction of sp³-hybridized carbons (Fsp3) is 0.0741. The Labute approximate surface area is 242 Å². The Morgan fingerprint density at radius 1 is 0.949 bits per heavy atom. The average Bonchev–Trinajstić information content (AvgIpc) is 3.33. The van der Waals surface area contributed by atoms with Gasteiger partial charge in [-0.05, 0) is 67.1 Å². The Morgan fingerprint density at radius 2 is 1.69 bits per heavy atom. The minimum Gasteiger partial charge on any atom is -0.321 e. The Morgan fingerprint density at radius 3 is 2.36 bits per heavy atom. The Kier molecular flexibility index (Phi) is 9.72. The molecule has 0 radical (unpaired) electrons. The summed E-state index contributed by atoms with van der Waals surface area (Å²) in [5.74, 6) is -1.00. The number of amides is 3. The number of nitrogens with zero attached hydrogens (tertiary/aromatic N) is 2. The second kappa shape index (κ2) is 13.4. The normalized spacial score (nSPS) is 11.1. The highest BCUT2D eigenvalue weighted by molar-refractivity contribution is 8.00. The van der Waals surface area contributed by atoms with Gasteiger partial charge in [0, 0.05) is 26.2 Å². The predicted octanol–water partition coefficient (Wildman–Crippen LogP) is 6.29. The van der Waals surface area contributed by atoms with Crippen molar-refractivity contribution < 1.29 is 14.4 Å². The summed E-state index contributed by atoms with van der Waals surface area (Å²) in [6, 6.07) is 20.4. The van der Waals surface area contributed by atoms with Crippen molar-refractivity contribution in [1.29, 1.82) is 0 Å². The first-order valence-corrected chi connectivity index (χ1v) is 14.0. The van der Waals surface area contributed by atoms with Crippen molar-refractivity contribution >= 4 is 80.9 Å². The highest BCUT2D eigenvalue weighted by Crippen LogP contribution is 2.24. The molecule has 12 heteroatoms. The first-order valence-electron chi connectivity index (χ1n) is 11.4. The Balaban J connectivity index is 1.43. The number of thioether (sulfide) groups is 1. The van der Waals surface area contributed by atoms with Crippen LogP contribution in [0.5, 0.6) is 0 Å². The van der Waals surface area contributed by atoms with E-state index >= 15 is 0 Å². The van der Waals surface area contributed by atoms with E-state index < -0.39 is 11.8 Å². The molecule has 0 aliphatic heterocycles. The summed E-state index contributed by atoms with van der Waals surface area (Å²) in [5, 5.41) is 17.9. The molecule has 0 spiro atoms. The van der Waals surface area contributed by atoms with Crippen LogP contribution in [0.3, 0.4) is 0 Å². The smallest absolute Gasteiger partial charge is 0.272 e. The lowest BCUT2D eigenvalue weighted by Gasteiger charge is -2.12. The number of benzene rings is 3. The summed E-state index contributed by atoms with van der Waals surface area (Å²) >= 11 is 14.9. The van der Waals surface area contributed by atoms with Crippen LogP contribution in [0.1, 0.15) is 20.9 Å². The van der Waals surface area contributed by atoms with E-state index in [2.05, 4.69) is 26.1 Å². The molecule has 0 saturated carbocycles. The second-order valence-corrected chi connectivity index (χ2v) is 11.1. The van der Waals surface area contributed by atoms with Crippen LogP contribution in [0.25, 0.3) is 6.08 Å². The van der Waals surface area contributed by atoms with Crippen LogP contribution in [0.15, 0.2) is 83.4 Å². The quantitative estimate of drug-likeness (QED) is 0.154. The molecule has 8 nitrogen and oxygen atoms in total. The maximum atomic E-state index is 13.2. The molecule has 0 fully saturated rings. The molecule has 39 heavy (non-hydrogen) atoms. The number of rotatable bonds is 9. The SMILES string of the molecule is Cc1nnc(NC(=O)CSc2ccc(NC(=O)/C(=C/c3ccc(Cl)cc3Cl)NC(=O)c3ccccc3)cc2)s1. The fourth-order valence-electron chi connectivity index (χ4n) is 3.20. The number of hydrogen-bond donors (Lipinski definition) is 3. The van der Waals surface area contributed by atoms with Crippen LogP contribution in [-0.4, -0.2) is 33.7 Å². The third-order valence-electron chi connectivity index (χ3n) is 5.05. The second-order valence-electron chi connectivity index (χ2n) is 7.99. The molecule has 3 aromatic carbocycles. The summed E-state index contributed by atoms with van der Waals surface area (Å²) in [4.78, 5) is 39.0. The summed E-state index contributed by atoms with van der Waals surface area (Å²) in [7, 11) is 0. The number of carbonyl (C=O) groups excluding carboxylic acids is 3. The molecule has 1 heterocycles. The third-order valence-corrected chi connectivity index (χ3v) is 7.37. The van der Waals surface area contributed by atoms with Crippen LogP contribution < -0.4 is 16.0 Å². The van der Waals surface area contributed by atoms with Crippen LogP contribution in [0.4, 0.5) is 10.8 Å². The molecule has 4 aromatic rings.